The molecule has 0 aliphatic heterocycles. The fraction of sp³-hybridized carbons (Fsp3) is 0.250. The van der Waals surface area contributed by atoms with Gasteiger partial charge in [-0.3, -0.25) is 4.68 Å². The first-order valence-electron chi connectivity index (χ1n) is 5.47. The van der Waals surface area contributed by atoms with E-state index in [4.69, 9.17) is 17.3 Å². The summed E-state index contributed by atoms with van der Waals surface area (Å²) in [6.45, 7) is 2.60. The maximum atomic E-state index is 13.9. The zero-order valence-electron chi connectivity index (χ0n) is 9.70. The number of hydrogen-bond donors (Lipinski definition) is 1. The van der Waals surface area contributed by atoms with E-state index in [0.29, 0.717) is 17.3 Å². The molecule has 0 saturated carbocycles. The molecule has 1 atom stereocenters. The largest absolute Gasteiger partial charge is 0.319 e. The number of halogens is 3. The number of nitrogens with two attached hydrogens (primary N) is 1. The predicted octanol–water partition coefficient (Wildman–Crippen LogP) is 3.51. The monoisotopic (exact) mass is 331 g/mol. The highest BCUT2D eigenvalue weighted by molar-refractivity contribution is 9.10. The third kappa shape index (κ3) is 2.30. The second-order valence-electron chi connectivity index (χ2n) is 3.81. The quantitative estimate of drug-likeness (QED) is 0.935. The van der Waals surface area contributed by atoms with Crippen molar-refractivity contribution in [2.24, 2.45) is 5.73 Å². The lowest BCUT2D eigenvalue weighted by Crippen LogP contribution is -2.19. The van der Waals surface area contributed by atoms with Crippen LogP contribution in [0.3, 0.4) is 0 Å². The van der Waals surface area contributed by atoms with Crippen molar-refractivity contribution in [3.05, 3.63) is 51.0 Å². The van der Waals surface area contributed by atoms with E-state index >= 15 is 0 Å². The standard InChI is InChI=1S/C12H12BrClFN3/c1-2-18-12(7(13)6-17-18)11(16)10-8(14)4-3-5-9(10)15/h3-6,11H,2,16H2,1H3. The first-order chi connectivity index (χ1) is 8.56. The molecule has 0 saturated heterocycles. The van der Waals surface area contributed by atoms with Crippen LogP contribution in [0, 0.1) is 5.82 Å². The Hall–Kier alpha value is -0.910. The van der Waals surface area contributed by atoms with E-state index in [9.17, 15) is 4.39 Å². The Morgan fingerprint density at radius 3 is 2.89 bits per heavy atom. The lowest BCUT2D eigenvalue weighted by Gasteiger charge is -2.16. The molecule has 6 heteroatoms. The predicted molar refractivity (Wildman–Crippen MR) is 73.0 cm³/mol. The molecule has 0 fully saturated rings. The Kier molecular flexibility index (Phi) is 4.04. The summed E-state index contributed by atoms with van der Waals surface area (Å²) in [5.41, 5.74) is 7.12. The van der Waals surface area contributed by atoms with Gasteiger partial charge in [0, 0.05) is 17.1 Å². The Bertz CT molecular complexity index is 550. The van der Waals surface area contributed by atoms with E-state index in [2.05, 4.69) is 21.0 Å². The first-order valence-corrected chi connectivity index (χ1v) is 6.64. The number of benzene rings is 1. The summed E-state index contributed by atoms with van der Waals surface area (Å²) in [7, 11) is 0. The smallest absolute Gasteiger partial charge is 0.129 e. The Balaban J connectivity index is 2.54. The minimum absolute atomic E-state index is 0.287. The topological polar surface area (TPSA) is 43.8 Å². The Morgan fingerprint density at radius 1 is 1.56 bits per heavy atom. The number of rotatable bonds is 3. The van der Waals surface area contributed by atoms with Gasteiger partial charge in [-0.15, -0.1) is 0 Å². The zero-order chi connectivity index (χ0) is 13.3. The minimum Gasteiger partial charge on any atom is -0.319 e. The lowest BCUT2D eigenvalue weighted by molar-refractivity contribution is 0.567. The molecule has 0 aliphatic rings. The van der Waals surface area contributed by atoms with Gasteiger partial charge in [-0.1, -0.05) is 17.7 Å². The molecule has 0 amide bonds. The number of hydrogen-bond acceptors (Lipinski definition) is 2. The molecule has 1 aromatic heterocycles. The van der Waals surface area contributed by atoms with Crippen molar-refractivity contribution in [2.75, 3.05) is 0 Å². The maximum absolute atomic E-state index is 13.9. The number of aromatic nitrogens is 2. The van der Waals surface area contributed by atoms with Crippen LogP contribution in [-0.2, 0) is 6.54 Å². The normalized spacial score (nSPS) is 12.7. The molecule has 2 aromatic rings. The second kappa shape index (κ2) is 5.38. The molecule has 0 aliphatic carbocycles. The van der Waals surface area contributed by atoms with E-state index in [1.807, 2.05) is 6.92 Å². The highest BCUT2D eigenvalue weighted by Crippen LogP contribution is 2.32. The van der Waals surface area contributed by atoms with E-state index in [1.54, 1.807) is 23.0 Å². The molecule has 96 valence electrons. The summed E-state index contributed by atoms with van der Waals surface area (Å²) in [5.74, 6) is -0.411. The van der Waals surface area contributed by atoms with Crippen LogP contribution in [0.15, 0.2) is 28.9 Å². The highest BCUT2D eigenvalue weighted by atomic mass is 79.9. The molecular formula is C12H12BrClFN3. The lowest BCUT2D eigenvalue weighted by atomic mass is 10.0. The summed E-state index contributed by atoms with van der Waals surface area (Å²) in [6.07, 6.45) is 1.65. The van der Waals surface area contributed by atoms with Crippen molar-refractivity contribution in [3.63, 3.8) is 0 Å². The van der Waals surface area contributed by atoms with Gasteiger partial charge < -0.3 is 5.73 Å². The van der Waals surface area contributed by atoms with Gasteiger partial charge in [-0.05, 0) is 35.0 Å². The van der Waals surface area contributed by atoms with Crippen molar-refractivity contribution < 1.29 is 4.39 Å². The van der Waals surface area contributed by atoms with Crippen LogP contribution in [0.5, 0.6) is 0 Å². The molecular weight excluding hydrogens is 321 g/mol. The van der Waals surface area contributed by atoms with E-state index in [-0.39, 0.29) is 5.56 Å². The molecule has 0 radical (unpaired) electrons. The molecule has 3 nitrogen and oxygen atoms in total. The molecule has 1 heterocycles. The van der Waals surface area contributed by atoms with Crippen molar-refractivity contribution in [1.82, 2.24) is 9.78 Å². The fourth-order valence-corrected chi connectivity index (χ4v) is 2.70. The van der Waals surface area contributed by atoms with E-state index in [0.717, 1.165) is 4.47 Å². The number of aryl methyl sites for hydroxylation is 1. The van der Waals surface area contributed by atoms with Gasteiger partial charge in [0.25, 0.3) is 0 Å². The van der Waals surface area contributed by atoms with Crippen LogP contribution in [0.25, 0.3) is 0 Å². The van der Waals surface area contributed by atoms with Crippen LogP contribution in [-0.4, -0.2) is 9.78 Å². The summed E-state index contributed by atoms with van der Waals surface area (Å²) < 4.78 is 16.3. The summed E-state index contributed by atoms with van der Waals surface area (Å²) >= 11 is 9.40. The minimum atomic E-state index is -0.657. The molecule has 18 heavy (non-hydrogen) atoms. The molecule has 2 rings (SSSR count). The van der Waals surface area contributed by atoms with Crippen LogP contribution in [0.1, 0.15) is 24.2 Å². The van der Waals surface area contributed by atoms with Crippen molar-refractivity contribution in [3.8, 4) is 0 Å². The van der Waals surface area contributed by atoms with Crippen LogP contribution in [0.4, 0.5) is 4.39 Å². The third-order valence-electron chi connectivity index (χ3n) is 2.74. The molecule has 0 bridgehead atoms. The fourth-order valence-electron chi connectivity index (χ4n) is 1.88. The Morgan fingerprint density at radius 2 is 2.28 bits per heavy atom. The molecule has 1 unspecified atom stereocenters. The van der Waals surface area contributed by atoms with Crippen LogP contribution >= 0.6 is 27.5 Å². The summed E-state index contributed by atoms with van der Waals surface area (Å²) in [6, 6.07) is 3.87. The molecule has 1 aromatic carbocycles. The third-order valence-corrected chi connectivity index (χ3v) is 3.68. The van der Waals surface area contributed by atoms with E-state index < -0.39 is 11.9 Å². The van der Waals surface area contributed by atoms with Crippen molar-refractivity contribution in [1.29, 1.82) is 0 Å². The SMILES string of the molecule is CCn1ncc(Br)c1C(N)c1c(F)cccc1Cl. The van der Waals surface area contributed by atoms with Gasteiger partial charge in [0.05, 0.1) is 22.4 Å². The van der Waals surface area contributed by atoms with Gasteiger partial charge in [0.15, 0.2) is 0 Å². The average Bonchev–Trinajstić information content (AvgIpc) is 2.70. The van der Waals surface area contributed by atoms with Crippen molar-refractivity contribution in [2.45, 2.75) is 19.5 Å². The van der Waals surface area contributed by atoms with Gasteiger partial charge in [0.2, 0.25) is 0 Å². The number of nitrogens with zero attached hydrogens (tertiary/aromatic N) is 2. The van der Waals surface area contributed by atoms with Crippen LogP contribution < -0.4 is 5.73 Å². The van der Waals surface area contributed by atoms with Crippen LogP contribution in [0.2, 0.25) is 5.02 Å². The van der Waals surface area contributed by atoms with E-state index in [1.165, 1.54) is 6.07 Å². The first kappa shape index (κ1) is 13.5. The zero-order valence-corrected chi connectivity index (χ0v) is 12.0. The molecule has 2 N–H and O–H groups in total. The summed E-state index contributed by atoms with van der Waals surface area (Å²) in [4.78, 5) is 0. The summed E-state index contributed by atoms with van der Waals surface area (Å²) in [5, 5.41) is 4.48. The maximum Gasteiger partial charge on any atom is 0.129 e. The van der Waals surface area contributed by atoms with Crippen molar-refractivity contribution >= 4 is 27.5 Å². The second-order valence-corrected chi connectivity index (χ2v) is 5.07. The van der Waals surface area contributed by atoms with Gasteiger partial charge >= 0.3 is 0 Å². The van der Waals surface area contributed by atoms with Gasteiger partial charge in [0.1, 0.15) is 5.82 Å². The highest BCUT2D eigenvalue weighted by Gasteiger charge is 2.22. The van der Waals surface area contributed by atoms with Gasteiger partial charge in [-0.2, -0.15) is 5.10 Å². The molecule has 0 spiro atoms. The average molecular weight is 333 g/mol. The van der Waals surface area contributed by atoms with Gasteiger partial charge in [-0.25, -0.2) is 4.39 Å². The Labute approximate surface area is 118 Å².